The zero-order chi connectivity index (χ0) is 12.6. The topological polar surface area (TPSA) is 40.5 Å². The number of likely N-dealkylation sites (tertiary alicyclic amines) is 1. The first-order valence-corrected chi connectivity index (χ1v) is 7.65. The molecule has 2 aliphatic carbocycles. The Kier molecular flexibility index (Phi) is 3.35. The minimum Gasteiger partial charge on any atom is -0.481 e. The zero-order valence-electron chi connectivity index (χ0n) is 11.2. The molecule has 3 rings (SSSR count). The molecule has 1 N–H and O–H groups in total. The van der Waals surface area contributed by atoms with Crippen molar-refractivity contribution in [2.75, 3.05) is 13.1 Å². The van der Waals surface area contributed by atoms with Gasteiger partial charge in [-0.05, 0) is 37.5 Å². The molecule has 1 heterocycles. The minimum atomic E-state index is -0.581. The lowest BCUT2D eigenvalue weighted by Gasteiger charge is -2.53. The number of hydrogen-bond acceptors (Lipinski definition) is 2. The van der Waals surface area contributed by atoms with E-state index in [1.165, 1.54) is 51.6 Å². The molecule has 1 spiro atoms. The Morgan fingerprint density at radius 2 is 1.72 bits per heavy atom. The van der Waals surface area contributed by atoms with Gasteiger partial charge in [-0.15, -0.1) is 0 Å². The summed E-state index contributed by atoms with van der Waals surface area (Å²) in [6, 6.07) is 0.569. The highest BCUT2D eigenvalue weighted by Crippen LogP contribution is 2.46. The molecule has 18 heavy (non-hydrogen) atoms. The fourth-order valence-electron chi connectivity index (χ4n) is 4.38. The average Bonchev–Trinajstić information content (AvgIpc) is 2.65. The Balaban J connectivity index is 1.51. The Bertz CT molecular complexity index is 312. The molecule has 0 aromatic rings. The van der Waals surface area contributed by atoms with Crippen molar-refractivity contribution in [3.8, 4) is 0 Å². The molecule has 1 aliphatic heterocycles. The van der Waals surface area contributed by atoms with Crippen molar-refractivity contribution in [3.05, 3.63) is 0 Å². The monoisotopic (exact) mass is 251 g/mol. The van der Waals surface area contributed by atoms with E-state index in [2.05, 4.69) is 4.90 Å². The highest BCUT2D eigenvalue weighted by molar-refractivity contribution is 5.70. The highest BCUT2D eigenvalue weighted by atomic mass is 16.4. The lowest BCUT2D eigenvalue weighted by molar-refractivity contribution is -0.141. The van der Waals surface area contributed by atoms with E-state index in [4.69, 9.17) is 5.11 Å². The fraction of sp³-hybridized carbons (Fsp3) is 0.933. The van der Waals surface area contributed by atoms with Gasteiger partial charge in [0.2, 0.25) is 0 Å². The lowest BCUT2D eigenvalue weighted by Crippen LogP contribution is -2.59. The van der Waals surface area contributed by atoms with Crippen molar-refractivity contribution in [2.24, 2.45) is 11.3 Å². The number of carbonyl (C=O) groups is 1. The van der Waals surface area contributed by atoms with Crippen LogP contribution < -0.4 is 0 Å². The molecule has 0 amide bonds. The summed E-state index contributed by atoms with van der Waals surface area (Å²) in [5.41, 5.74) is 0.623. The van der Waals surface area contributed by atoms with Gasteiger partial charge in [-0.2, -0.15) is 0 Å². The molecule has 2 saturated carbocycles. The predicted octanol–water partition coefficient (Wildman–Crippen LogP) is 2.90. The Hall–Kier alpha value is -0.570. The molecule has 3 heteroatoms. The van der Waals surface area contributed by atoms with Crippen molar-refractivity contribution in [1.82, 2.24) is 4.90 Å². The van der Waals surface area contributed by atoms with Crippen LogP contribution in [0.3, 0.4) is 0 Å². The maximum atomic E-state index is 11.0. The van der Waals surface area contributed by atoms with E-state index in [1.54, 1.807) is 0 Å². The largest absolute Gasteiger partial charge is 0.481 e. The summed E-state index contributed by atoms with van der Waals surface area (Å²) in [5, 5.41) is 9.06. The highest BCUT2D eigenvalue weighted by Gasteiger charge is 2.46. The van der Waals surface area contributed by atoms with Gasteiger partial charge in [0.15, 0.2) is 0 Å². The molecule has 0 bridgehead atoms. The SMILES string of the molecule is O=C(O)[C@@H]1CC[C@H](N2CC3(CCCCCC3)C2)C1. The van der Waals surface area contributed by atoms with Crippen LogP contribution in [0.5, 0.6) is 0 Å². The van der Waals surface area contributed by atoms with Crippen LogP contribution >= 0.6 is 0 Å². The molecule has 0 aromatic heterocycles. The van der Waals surface area contributed by atoms with Gasteiger partial charge in [0.1, 0.15) is 0 Å². The summed E-state index contributed by atoms with van der Waals surface area (Å²) in [4.78, 5) is 13.6. The van der Waals surface area contributed by atoms with Crippen LogP contribution in [-0.2, 0) is 4.79 Å². The quantitative estimate of drug-likeness (QED) is 0.820. The van der Waals surface area contributed by atoms with E-state index in [9.17, 15) is 4.79 Å². The Morgan fingerprint density at radius 1 is 1.06 bits per heavy atom. The summed E-state index contributed by atoms with van der Waals surface area (Å²) in [7, 11) is 0. The van der Waals surface area contributed by atoms with E-state index < -0.39 is 5.97 Å². The van der Waals surface area contributed by atoms with Gasteiger partial charge in [-0.1, -0.05) is 25.7 Å². The maximum Gasteiger partial charge on any atom is 0.306 e. The van der Waals surface area contributed by atoms with Crippen LogP contribution in [0.15, 0.2) is 0 Å². The molecular formula is C15H25NO2. The summed E-state index contributed by atoms with van der Waals surface area (Å²) in [6.45, 7) is 2.51. The molecule has 0 unspecified atom stereocenters. The lowest BCUT2D eigenvalue weighted by atomic mass is 9.72. The molecule has 102 valence electrons. The normalized spacial score (nSPS) is 36.2. The number of aliphatic carboxylic acids is 1. The first-order chi connectivity index (χ1) is 8.69. The van der Waals surface area contributed by atoms with Crippen molar-refractivity contribution in [3.63, 3.8) is 0 Å². The van der Waals surface area contributed by atoms with Crippen LogP contribution in [-0.4, -0.2) is 35.1 Å². The third kappa shape index (κ3) is 2.29. The van der Waals surface area contributed by atoms with E-state index >= 15 is 0 Å². The van der Waals surface area contributed by atoms with Gasteiger partial charge in [0.25, 0.3) is 0 Å². The number of nitrogens with zero attached hydrogens (tertiary/aromatic N) is 1. The predicted molar refractivity (Wildman–Crippen MR) is 70.5 cm³/mol. The second kappa shape index (κ2) is 4.84. The van der Waals surface area contributed by atoms with E-state index in [0.29, 0.717) is 11.5 Å². The van der Waals surface area contributed by atoms with Gasteiger partial charge >= 0.3 is 5.97 Å². The van der Waals surface area contributed by atoms with Crippen LogP contribution in [0.4, 0.5) is 0 Å². The third-order valence-corrected chi connectivity index (χ3v) is 5.51. The molecule has 2 atom stereocenters. The number of carboxylic acid groups (broad SMARTS) is 1. The summed E-state index contributed by atoms with van der Waals surface area (Å²) < 4.78 is 0. The first-order valence-electron chi connectivity index (χ1n) is 7.65. The minimum absolute atomic E-state index is 0.0688. The van der Waals surface area contributed by atoms with Crippen LogP contribution in [0, 0.1) is 11.3 Å². The Morgan fingerprint density at radius 3 is 2.28 bits per heavy atom. The van der Waals surface area contributed by atoms with E-state index in [0.717, 1.165) is 19.3 Å². The molecule has 3 nitrogen and oxygen atoms in total. The first kappa shape index (κ1) is 12.5. The summed E-state index contributed by atoms with van der Waals surface area (Å²) in [5.74, 6) is -0.650. The smallest absolute Gasteiger partial charge is 0.306 e. The zero-order valence-corrected chi connectivity index (χ0v) is 11.2. The number of carboxylic acids is 1. The van der Waals surface area contributed by atoms with Gasteiger partial charge < -0.3 is 5.11 Å². The second-order valence-corrected chi connectivity index (χ2v) is 6.82. The molecule has 3 fully saturated rings. The van der Waals surface area contributed by atoms with E-state index in [1.807, 2.05) is 0 Å². The van der Waals surface area contributed by atoms with Gasteiger partial charge in [0, 0.05) is 19.1 Å². The maximum absolute atomic E-state index is 11.0. The van der Waals surface area contributed by atoms with Gasteiger partial charge in [-0.3, -0.25) is 9.69 Å². The standard InChI is InChI=1S/C15H25NO2/c17-14(18)12-5-6-13(9-12)16-10-15(11-16)7-3-1-2-4-8-15/h12-13H,1-11H2,(H,17,18)/t12-,13+/m1/s1. The van der Waals surface area contributed by atoms with Gasteiger partial charge in [-0.25, -0.2) is 0 Å². The molecule has 0 radical (unpaired) electrons. The Labute approximate surface area is 110 Å². The van der Waals surface area contributed by atoms with Crippen LogP contribution in [0.25, 0.3) is 0 Å². The van der Waals surface area contributed by atoms with Crippen molar-refractivity contribution < 1.29 is 9.90 Å². The number of hydrogen-bond donors (Lipinski definition) is 1. The van der Waals surface area contributed by atoms with E-state index in [-0.39, 0.29) is 5.92 Å². The third-order valence-electron chi connectivity index (χ3n) is 5.51. The number of rotatable bonds is 2. The second-order valence-electron chi connectivity index (χ2n) is 6.82. The summed E-state index contributed by atoms with van der Waals surface area (Å²) >= 11 is 0. The van der Waals surface area contributed by atoms with Gasteiger partial charge in [0.05, 0.1) is 5.92 Å². The van der Waals surface area contributed by atoms with Crippen molar-refractivity contribution in [2.45, 2.75) is 63.8 Å². The molecule has 0 aromatic carbocycles. The van der Waals surface area contributed by atoms with Crippen LogP contribution in [0.2, 0.25) is 0 Å². The molecular weight excluding hydrogens is 226 g/mol. The average molecular weight is 251 g/mol. The fourth-order valence-corrected chi connectivity index (χ4v) is 4.38. The van der Waals surface area contributed by atoms with Crippen molar-refractivity contribution in [1.29, 1.82) is 0 Å². The summed E-state index contributed by atoms with van der Waals surface area (Å²) in [6.07, 6.45) is 11.4. The van der Waals surface area contributed by atoms with Crippen LogP contribution in [0.1, 0.15) is 57.8 Å². The molecule has 3 aliphatic rings. The molecule has 1 saturated heterocycles. The van der Waals surface area contributed by atoms with Crippen molar-refractivity contribution >= 4 is 5.97 Å².